The van der Waals surface area contributed by atoms with Crippen molar-refractivity contribution in [2.24, 2.45) is 5.92 Å². The van der Waals surface area contributed by atoms with Crippen LogP contribution in [0.4, 0.5) is 5.82 Å². The van der Waals surface area contributed by atoms with Crippen molar-refractivity contribution in [1.82, 2.24) is 10.2 Å². The van der Waals surface area contributed by atoms with Gasteiger partial charge in [-0.05, 0) is 45.1 Å². The second kappa shape index (κ2) is 6.39. The van der Waals surface area contributed by atoms with E-state index in [1.165, 1.54) is 12.8 Å². The topological polar surface area (TPSA) is 75.5 Å². The average molecular weight is 293 g/mol. The minimum atomic E-state index is -0.953. The largest absolute Gasteiger partial charge is 0.478 e. The molecular formula is C15H23N3O3. The number of ether oxygens (including phenoxy) is 1. The molecule has 6 heteroatoms. The van der Waals surface area contributed by atoms with Gasteiger partial charge in [-0.3, -0.25) is 0 Å². The minimum absolute atomic E-state index is 0.245. The third-order valence-corrected chi connectivity index (χ3v) is 4.25. The molecule has 0 saturated heterocycles. The van der Waals surface area contributed by atoms with Crippen LogP contribution in [-0.4, -0.2) is 47.6 Å². The zero-order valence-electron chi connectivity index (χ0n) is 13.1. The van der Waals surface area contributed by atoms with Crippen LogP contribution in [0.5, 0.6) is 0 Å². The van der Waals surface area contributed by atoms with E-state index in [1.807, 2.05) is 4.90 Å². The van der Waals surface area contributed by atoms with Crippen molar-refractivity contribution >= 4 is 11.8 Å². The predicted molar refractivity (Wildman–Crippen MR) is 79.9 cm³/mol. The molecule has 1 unspecified atom stereocenters. The molecule has 2 rings (SSSR count). The lowest BCUT2D eigenvalue weighted by atomic mass is 10.1. The highest BCUT2D eigenvalue weighted by molar-refractivity contribution is 5.95. The molecule has 1 aliphatic carbocycles. The van der Waals surface area contributed by atoms with E-state index in [4.69, 9.17) is 4.74 Å². The molecule has 116 valence electrons. The Labute approximate surface area is 125 Å². The van der Waals surface area contributed by atoms with Crippen molar-refractivity contribution in [3.05, 3.63) is 16.8 Å². The number of aryl methyl sites for hydroxylation is 1. The van der Waals surface area contributed by atoms with Crippen LogP contribution in [0.3, 0.4) is 0 Å². The Kier molecular flexibility index (Phi) is 4.77. The van der Waals surface area contributed by atoms with Crippen molar-refractivity contribution in [3.63, 3.8) is 0 Å². The maximum Gasteiger partial charge on any atom is 0.339 e. The molecule has 21 heavy (non-hydrogen) atoms. The zero-order valence-corrected chi connectivity index (χ0v) is 13.1. The van der Waals surface area contributed by atoms with Gasteiger partial charge >= 0.3 is 5.97 Å². The van der Waals surface area contributed by atoms with Crippen LogP contribution >= 0.6 is 0 Å². The Morgan fingerprint density at radius 1 is 1.43 bits per heavy atom. The van der Waals surface area contributed by atoms with E-state index in [2.05, 4.69) is 17.1 Å². The van der Waals surface area contributed by atoms with Crippen molar-refractivity contribution in [3.8, 4) is 0 Å². The van der Waals surface area contributed by atoms with E-state index in [0.717, 1.165) is 0 Å². The molecule has 0 amide bonds. The molecule has 1 heterocycles. The maximum atomic E-state index is 11.7. The monoisotopic (exact) mass is 293 g/mol. The number of carboxylic acids is 1. The molecule has 1 aromatic rings. The normalized spacial score (nSPS) is 15.8. The third-order valence-electron chi connectivity index (χ3n) is 4.25. The Balaban J connectivity index is 2.42. The van der Waals surface area contributed by atoms with E-state index in [1.54, 1.807) is 21.0 Å². The van der Waals surface area contributed by atoms with E-state index in [-0.39, 0.29) is 11.6 Å². The fourth-order valence-corrected chi connectivity index (χ4v) is 2.58. The van der Waals surface area contributed by atoms with Crippen LogP contribution in [0.25, 0.3) is 0 Å². The standard InChI is InChI=1S/C15H23N3O3/c1-9-10(2)16-17-14(13(9)15(19)20)18(7-8-21-4)11(3)12-5-6-12/h11-12H,5-8H2,1-4H3,(H,19,20). The summed E-state index contributed by atoms with van der Waals surface area (Å²) in [4.78, 5) is 13.7. The Hall–Kier alpha value is -1.69. The summed E-state index contributed by atoms with van der Waals surface area (Å²) in [5, 5.41) is 17.9. The van der Waals surface area contributed by atoms with Crippen molar-refractivity contribution in [2.45, 2.75) is 39.7 Å². The number of carbonyl (C=O) groups is 1. The van der Waals surface area contributed by atoms with Crippen LogP contribution in [0.2, 0.25) is 0 Å². The van der Waals surface area contributed by atoms with Gasteiger partial charge in [-0.25, -0.2) is 4.79 Å². The van der Waals surface area contributed by atoms with Gasteiger partial charge in [0, 0.05) is 19.7 Å². The molecule has 0 spiro atoms. The number of carboxylic acid groups (broad SMARTS) is 1. The van der Waals surface area contributed by atoms with Crippen LogP contribution < -0.4 is 4.90 Å². The number of methoxy groups -OCH3 is 1. The highest BCUT2D eigenvalue weighted by atomic mass is 16.5. The fraction of sp³-hybridized carbons (Fsp3) is 0.667. The second-order valence-corrected chi connectivity index (χ2v) is 5.68. The van der Waals surface area contributed by atoms with Crippen LogP contribution in [0.1, 0.15) is 41.4 Å². The Bertz CT molecular complexity index is 529. The molecule has 1 fully saturated rings. The zero-order chi connectivity index (χ0) is 15.6. The van der Waals surface area contributed by atoms with Crippen LogP contribution in [0.15, 0.2) is 0 Å². The van der Waals surface area contributed by atoms with Gasteiger partial charge < -0.3 is 14.7 Å². The van der Waals surface area contributed by atoms with Gasteiger partial charge in [-0.2, -0.15) is 5.10 Å². The summed E-state index contributed by atoms with van der Waals surface area (Å²) in [6.45, 7) is 6.84. The van der Waals surface area contributed by atoms with E-state index >= 15 is 0 Å². The summed E-state index contributed by atoms with van der Waals surface area (Å²) in [5.74, 6) is 0.111. The first-order valence-electron chi connectivity index (χ1n) is 7.30. The van der Waals surface area contributed by atoms with E-state index in [9.17, 15) is 9.90 Å². The summed E-state index contributed by atoms with van der Waals surface area (Å²) in [6, 6.07) is 0.245. The van der Waals surface area contributed by atoms with Gasteiger partial charge in [0.2, 0.25) is 0 Å². The molecule has 0 radical (unpaired) electrons. The highest BCUT2D eigenvalue weighted by Gasteiger charge is 2.34. The molecule has 6 nitrogen and oxygen atoms in total. The first-order chi connectivity index (χ1) is 9.97. The molecule has 1 aliphatic rings. The smallest absolute Gasteiger partial charge is 0.339 e. The summed E-state index contributed by atoms with van der Waals surface area (Å²) in [5.41, 5.74) is 1.59. The number of hydrogen-bond donors (Lipinski definition) is 1. The predicted octanol–water partition coefficient (Wildman–Crippen LogP) is 2.04. The van der Waals surface area contributed by atoms with Crippen molar-refractivity contribution in [1.29, 1.82) is 0 Å². The van der Waals surface area contributed by atoms with Gasteiger partial charge in [0.15, 0.2) is 5.82 Å². The molecule has 1 aromatic heterocycles. The number of anilines is 1. The second-order valence-electron chi connectivity index (χ2n) is 5.68. The molecule has 0 aromatic carbocycles. The van der Waals surface area contributed by atoms with Crippen molar-refractivity contribution < 1.29 is 14.6 Å². The number of nitrogens with zero attached hydrogens (tertiary/aromatic N) is 3. The summed E-state index contributed by atoms with van der Waals surface area (Å²) < 4.78 is 5.16. The van der Waals surface area contributed by atoms with Gasteiger partial charge in [-0.1, -0.05) is 0 Å². The van der Waals surface area contributed by atoms with Gasteiger partial charge in [0.1, 0.15) is 5.56 Å². The van der Waals surface area contributed by atoms with E-state index in [0.29, 0.717) is 36.1 Å². The Morgan fingerprint density at radius 2 is 2.10 bits per heavy atom. The van der Waals surface area contributed by atoms with Crippen LogP contribution in [0, 0.1) is 19.8 Å². The molecule has 1 saturated carbocycles. The van der Waals surface area contributed by atoms with Gasteiger partial charge in [0.05, 0.1) is 12.3 Å². The third kappa shape index (κ3) is 3.32. The number of aromatic carboxylic acids is 1. The first kappa shape index (κ1) is 15.7. The molecular weight excluding hydrogens is 270 g/mol. The SMILES string of the molecule is COCCN(c1nnc(C)c(C)c1C(=O)O)C(C)C1CC1. The van der Waals surface area contributed by atoms with E-state index < -0.39 is 5.97 Å². The lowest BCUT2D eigenvalue weighted by Gasteiger charge is -2.31. The summed E-state index contributed by atoms with van der Waals surface area (Å²) in [7, 11) is 1.64. The number of aromatic nitrogens is 2. The quantitative estimate of drug-likeness (QED) is 0.829. The van der Waals surface area contributed by atoms with Crippen molar-refractivity contribution in [2.75, 3.05) is 25.2 Å². The lowest BCUT2D eigenvalue weighted by molar-refractivity contribution is 0.0695. The summed E-state index contributed by atoms with van der Waals surface area (Å²) >= 11 is 0. The first-order valence-corrected chi connectivity index (χ1v) is 7.30. The maximum absolute atomic E-state index is 11.7. The lowest BCUT2D eigenvalue weighted by Crippen LogP contribution is -2.39. The number of rotatable bonds is 7. The van der Waals surface area contributed by atoms with Crippen LogP contribution in [-0.2, 0) is 4.74 Å². The Morgan fingerprint density at radius 3 is 2.62 bits per heavy atom. The minimum Gasteiger partial charge on any atom is -0.478 e. The summed E-state index contributed by atoms with van der Waals surface area (Å²) in [6.07, 6.45) is 2.37. The molecule has 0 bridgehead atoms. The van der Waals surface area contributed by atoms with Gasteiger partial charge in [-0.15, -0.1) is 5.10 Å². The highest BCUT2D eigenvalue weighted by Crippen LogP contribution is 2.37. The number of hydrogen-bond acceptors (Lipinski definition) is 5. The fourth-order valence-electron chi connectivity index (χ4n) is 2.58. The molecule has 0 aliphatic heterocycles. The van der Waals surface area contributed by atoms with Gasteiger partial charge in [0.25, 0.3) is 0 Å². The molecule has 1 N–H and O–H groups in total. The average Bonchev–Trinajstić information content (AvgIpc) is 3.26. The molecule has 1 atom stereocenters.